The zero-order valence-electron chi connectivity index (χ0n) is 15.9. The lowest BCUT2D eigenvalue weighted by Gasteiger charge is -2.00. The Hall–Kier alpha value is -2.54. The van der Waals surface area contributed by atoms with Crippen LogP contribution in [0.2, 0.25) is 0 Å². The van der Waals surface area contributed by atoms with Crippen molar-refractivity contribution in [1.29, 1.82) is 0 Å². The molecule has 0 spiro atoms. The van der Waals surface area contributed by atoms with E-state index in [0.717, 1.165) is 11.3 Å². The van der Waals surface area contributed by atoms with Crippen molar-refractivity contribution in [2.75, 3.05) is 5.32 Å². The predicted molar refractivity (Wildman–Crippen MR) is 106 cm³/mol. The van der Waals surface area contributed by atoms with Crippen LogP contribution in [0.1, 0.15) is 60.3 Å². The Morgan fingerprint density at radius 2 is 2.04 bits per heavy atom. The number of aryl methyl sites for hydroxylation is 2. The lowest BCUT2D eigenvalue weighted by atomic mass is 10.1. The number of benzene rings is 1. The fourth-order valence-corrected chi connectivity index (χ4v) is 3.40. The fourth-order valence-electron chi connectivity index (χ4n) is 2.54. The summed E-state index contributed by atoms with van der Waals surface area (Å²) >= 11 is 1.51. The molecule has 0 radical (unpaired) electrons. The van der Waals surface area contributed by atoms with Crippen LogP contribution in [0.15, 0.2) is 35.0 Å². The van der Waals surface area contributed by atoms with Crippen molar-refractivity contribution in [3.05, 3.63) is 58.2 Å². The van der Waals surface area contributed by atoms with Crippen LogP contribution in [-0.4, -0.2) is 21.0 Å². The number of aromatic nitrogens is 3. The number of rotatable bonds is 8. The van der Waals surface area contributed by atoms with Crippen LogP contribution in [0.5, 0.6) is 0 Å². The Kier molecular flexibility index (Phi) is 6.34. The maximum atomic E-state index is 12.1. The van der Waals surface area contributed by atoms with Gasteiger partial charge in [-0.2, -0.15) is 4.98 Å². The summed E-state index contributed by atoms with van der Waals surface area (Å²) in [6, 6.07) is 8.45. The van der Waals surface area contributed by atoms with Crippen molar-refractivity contribution >= 4 is 22.4 Å². The zero-order valence-corrected chi connectivity index (χ0v) is 16.7. The fraction of sp³-hybridized carbons (Fsp3) is 0.400. The third-order valence-corrected chi connectivity index (χ3v) is 5.01. The van der Waals surface area contributed by atoms with Crippen molar-refractivity contribution in [2.24, 2.45) is 0 Å². The van der Waals surface area contributed by atoms with E-state index in [4.69, 9.17) is 4.52 Å². The number of hydrogen-bond acceptors (Lipinski definition) is 6. The van der Waals surface area contributed by atoms with Crippen molar-refractivity contribution in [2.45, 2.75) is 52.4 Å². The molecule has 1 amide bonds. The molecule has 0 bridgehead atoms. The standard InChI is InChI=1S/C20H24N4O2S/c1-13(2)19-23-18(26-24-19)6-4-5-17(25)22-20-21-12-16(27-20)11-15-9-7-14(3)8-10-15/h7-10,12-13H,4-6,11H2,1-3H3,(H,21,22,25). The van der Waals surface area contributed by atoms with E-state index in [1.165, 1.54) is 22.5 Å². The molecule has 1 aromatic carbocycles. The maximum absolute atomic E-state index is 12.1. The molecule has 2 heterocycles. The average molecular weight is 385 g/mol. The minimum Gasteiger partial charge on any atom is -0.339 e. The minimum absolute atomic E-state index is 0.0464. The van der Waals surface area contributed by atoms with Gasteiger partial charge < -0.3 is 9.84 Å². The van der Waals surface area contributed by atoms with Crippen molar-refractivity contribution in [3.63, 3.8) is 0 Å². The van der Waals surface area contributed by atoms with Crippen LogP contribution in [0.4, 0.5) is 5.13 Å². The van der Waals surface area contributed by atoms with Gasteiger partial charge in [0, 0.05) is 36.3 Å². The second-order valence-electron chi connectivity index (χ2n) is 6.90. The van der Waals surface area contributed by atoms with Gasteiger partial charge in [0.1, 0.15) is 0 Å². The maximum Gasteiger partial charge on any atom is 0.226 e. The molecule has 1 N–H and O–H groups in total. The van der Waals surface area contributed by atoms with Gasteiger partial charge in [-0.25, -0.2) is 4.98 Å². The van der Waals surface area contributed by atoms with Gasteiger partial charge in [-0.1, -0.05) is 48.8 Å². The van der Waals surface area contributed by atoms with Crippen molar-refractivity contribution < 1.29 is 9.32 Å². The van der Waals surface area contributed by atoms with Gasteiger partial charge in [0.25, 0.3) is 0 Å². The summed E-state index contributed by atoms with van der Waals surface area (Å²) in [5, 5.41) is 7.44. The second kappa shape index (κ2) is 8.90. The number of nitrogens with one attached hydrogen (secondary N) is 1. The molecule has 0 aliphatic carbocycles. The van der Waals surface area contributed by atoms with E-state index < -0.39 is 0 Å². The molecule has 0 aliphatic heterocycles. The van der Waals surface area contributed by atoms with Gasteiger partial charge in [0.05, 0.1) is 0 Å². The van der Waals surface area contributed by atoms with Gasteiger partial charge in [-0.05, 0) is 18.9 Å². The first kappa shape index (κ1) is 19.2. The number of amides is 1. The Morgan fingerprint density at radius 3 is 2.74 bits per heavy atom. The van der Waals surface area contributed by atoms with Gasteiger partial charge in [0.15, 0.2) is 11.0 Å². The van der Waals surface area contributed by atoms with Crippen LogP contribution < -0.4 is 5.32 Å². The van der Waals surface area contributed by atoms with E-state index in [1.54, 1.807) is 0 Å². The molecule has 2 aromatic heterocycles. The van der Waals surface area contributed by atoms with E-state index >= 15 is 0 Å². The largest absolute Gasteiger partial charge is 0.339 e. The summed E-state index contributed by atoms with van der Waals surface area (Å²) in [6.45, 7) is 6.11. The number of carbonyl (C=O) groups is 1. The number of hydrogen-bond donors (Lipinski definition) is 1. The Labute approximate surface area is 163 Å². The normalized spacial score (nSPS) is 11.1. The molecular formula is C20H24N4O2S. The monoisotopic (exact) mass is 384 g/mol. The molecule has 0 aliphatic rings. The van der Waals surface area contributed by atoms with E-state index in [0.29, 0.717) is 36.1 Å². The highest BCUT2D eigenvalue weighted by molar-refractivity contribution is 7.15. The summed E-state index contributed by atoms with van der Waals surface area (Å²) in [5.41, 5.74) is 2.49. The topological polar surface area (TPSA) is 80.9 Å². The summed E-state index contributed by atoms with van der Waals surface area (Å²) in [4.78, 5) is 21.9. The number of nitrogens with zero attached hydrogens (tertiary/aromatic N) is 3. The lowest BCUT2D eigenvalue weighted by molar-refractivity contribution is -0.116. The minimum atomic E-state index is -0.0464. The van der Waals surface area contributed by atoms with Gasteiger partial charge >= 0.3 is 0 Å². The summed E-state index contributed by atoms with van der Waals surface area (Å²) < 4.78 is 5.19. The molecule has 27 heavy (non-hydrogen) atoms. The SMILES string of the molecule is Cc1ccc(Cc2cnc(NC(=O)CCCc3nc(C(C)C)no3)s2)cc1. The molecule has 3 rings (SSSR count). The van der Waals surface area contributed by atoms with Crippen molar-refractivity contribution in [3.8, 4) is 0 Å². The van der Waals surface area contributed by atoms with E-state index in [-0.39, 0.29) is 11.8 Å². The number of carbonyl (C=O) groups excluding carboxylic acids is 1. The van der Waals surface area contributed by atoms with Gasteiger partial charge in [-0.3, -0.25) is 4.79 Å². The highest BCUT2D eigenvalue weighted by Crippen LogP contribution is 2.21. The summed E-state index contributed by atoms with van der Waals surface area (Å²) in [6.07, 6.45) is 4.30. The molecule has 0 fully saturated rings. The molecule has 0 atom stereocenters. The van der Waals surface area contributed by atoms with Crippen LogP contribution >= 0.6 is 11.3 Å². The first-order valence-corrected chi connectivity index (χ1v) is 9.94. The first-order valence-electron chi connectivity index (χ1n) is 9.12. The van der Waals surface area contributed by atoms with Gasteiger partial charge in [0.2, 0.25) is 11.8 Å². The number of anilines is 1. The quantitative estimate of drug-likeness (QED) is 0.618. The van der Waals surface area contributed by atoms with Crippen LogP contribution in [0.25, 0.3) is 0 Å². The molecule has 0 saturated heterocycles. The Morgan fingerprint density at radius 1 is 1.26 bits per heavy atom. The number of thiazole rings is 1. The molecule has 6 nitrogen and oxygen atoms in total. The van der Waals surface area contributed by atoms with E-state index in [1.807, 2.05) is 20.0 Å². The van der Waals surface area contributed by atoms with E-state index in [9.17, 15) is 4.79 Å². The Bertz CT molecular complexity index is 884. The molecular weight excluding hydrogens is 360 g/mol. The molecule has 142 valence electrons. The van der Waals surface area contributed by atoms with Crippen LogP contribution in [-0.2, 0) is 17.6 Å². The highest BCUT2D eigenvalue weighted by atomic mass is 32.1. The third kappa shape index (κ3) is 5.72. The first-order chi connectivity index (χ1) is 13.0. The van der Waals surface area contributed by atoms with Gasteiger partial charge in [-0.15, -0.1) is 11.3 Å². The average Bonchev–Trinajstić information content (AvgIpc) is 3.27. The highest BCUT2D eigenvalue weighted by Gasteiger charge is 2.11. The lowest BCUT2D eigenvalue weighted by Crippen LogP contribution is -2.11. The molecule has 7 heteroatoms. The molecule has 0 saturated carbocycles. The van der Waals surface area contributed by atoms with Crippen LogP contribution in [0.3, 0.4) is 0 Å². The second-order valence-corrected chi connectivity index (χ2v) is 8.01. The van der Waals surface area contributed by atoms with E-state index in [2.05, 4.69) is 51.6 Å². The Balaban J connectivity index is 1.44. The van der Waals surface area contributed by atoms with Crippen LogP contribution in [0, 0.1) is 6.92 Å². The molecule has 0 unspecified atom stereocenters. The summed E-state index contributed by atoms with van der Waals surface area (Å²) in [5.74, 6) is 1.49. The molecule has 3 aromatic rings. The smallest absolute Gasteiger partial charge is 0.226 e. The summed E-state index contributed by atoms with van der Waals surface area (Å²) in [7, 11) is 0. The van der Waals surface area contributed by atoms with Crippen molar-refractivity contribution in [1.82, 2.24) is 15.1 Å². The third-order valence-electron chi connectivity index (χ3n) is 4.09. The zero-order chi connectivity index (χ0) is 19.2. The predicted octanol–water partition coefficient (Wildman–Crippen LogP) is 4.51.